The highest BCUT2D eigenvalue weighted by molar-refractivity contribution is 5.96. The minimum atomic E-state index is -1.23. The molecule has 0 bridgehead atoms. The van der Waals surface area contributed by atoms with E-state index >= 15 is 0 Å². The van der Waals surface area contributed by atoms with E-state index in [1.165, 1.54) is 11.8 Å². The fraction of sp³-hybridized carbons (Fsp3) is 0.660. The highest BCUT2D eigenvalue weighted by atomic mass is 16.5. The van der Waals surface area contributed by atoms with Gasteiger partial charge in [-0.15, -0.1) is 6.58 Å². The molecule has 1 saturated heterocycles. The van der Waals surface area contributed by atoms with Crippen LogP contribution in [0, 0.1) is 11.8 Å². The largest absolute Gasteiger partial charge is 0.488 e. The van der Waals surface area contributed by atoms with Gasteiger partial charge in [0.05, 0.1) is 6.54 Å². The molecule has 1 heterocycles. The van der Waals surface area contributed by atoms with E-state index in [2.05, 4.69) is 44.0 Å². The zero-order chi connectivity index (χ0) is 48.7. The number of hydrogen-bond donors (Lipinski definition) is 8. The molecular weight excluding hydrogens is 835 g/mol. The Labute approximate surface area is 385 Å². The lowest BCUT2D eigenvalue weighted by molar-refractivity contribution is -0.138. The Morgan fingerprint density at radius 1 is 0.769 bits per heavy atom. The number of unbranched alkanes of at least 4 members (excludes halogenated alkanes) is 3. The molecule has 2 rings (SSSR count). The zero-order valence-electron chi connectivity index (χ0n) is 39.9. The minimum absolute atomic E-state index is 0.000297. The van der Waals surface area contributed by atoms with Gasteiger partial charge < -0.3 is 42.0 Å². The SMILES string of the molecule is C=CCCC[C@H](NC(=O)CNC(=O)[C@H](CC(C)C)NC(=O)[C@@H]1CCCN1C(C)=O)C(=O)N[C@@H](Cc1ccc(OC(C)(C)C)cc1)C(=O)N[C@@H](CC(C)C)C(=O)NNC(=O)CCCCCN. The molecule has 0 radical (unpaired) electrons. The number of likely N-dealkylation sites (tertiary alicyclic amines) is 1. The summed E-state index contributed by atoms with van der Waals surface area (Å²) in [7, 11) is 0. The van der Waals surface area contributed by atoms with Crippen LogP contribution in [0.4, 0.5) is 0 Å². The van der Waals surface area contributed by atoms with Gasteiger partial charge in [-0.2, -0.15) is 0 Å². The number of nitrogens with two attached hydrogens (primary N) is 1. The summed E-state index contributed by atoms with van der Waals surface area (Å²) in [5.41, 5.74) is 10.6. The van der Waals surface area contributed by atoms with Crippen molar-refractivity contribution in [2.45, 2.75) is 168 Å². The van der Waals surface area contributed by atoms with E-state index in [-0.39, 0.29) is 55.8 Å². The van der Waals surface area contributed by atoms with Crippen LogP contribution in [0.25, 0.3) is 0 Å². The maximum atomic E-state index is 14.2. The summed E-state index contributed by atoms with van der Waals surface area (Å²) in [4.78, 5) is 108. The Bertz CT molecular complexity index is 1750. The van der Waals surface area contributed by atoms with Gasteiger partial charge in [-0.1, -0.05) is 52.3 Å². The number of carbonyl (C=O) groups is 8. The molecule has 5 atom stereocenters. The summed E-state index contributed by atoms with van der Waals surface area (Å²) < 4.78 is 5.96. The van der Waals surface area contributed by atoms with Crippen LogP contribution in [0.15, 0.2) is 36.9 Å². The molecule has 1 aromatic rings. The second-order valence-electron chi connectivity index (χ2n) is 18.6. The van der Waals surface area contributed by atoms with Gasteiger partial charge in [0.15, 0.2) is 0 Å². The molecule has 9 N–H and O–H groups in total. The monoisotopic (exact) mass is 912 g/mol. The van der Waals surface area contributed by atoms with Crippen molar-refractivity contribution in [3.8, 4) is 5.75 Å². The van der Waals surface area contributed by atoms with Gasteiger partial charge >= 0.3 is 0 Å². The lowest BCUT2D eigenvalue weighted by Crippen LogP contribution is -2.59. The first-order valence-corrected chi connectivity index (χ1v) is 23.1. The van der Waals surface area contributed by atoms with Gasteiger partial charge in [-0.25, -0.2) is 0 Å². The van der Waals surface area contributed by atoms with Crippen molar-refractivity contribution in [2.24, 2.45) is 17.6 Å². The third-order valence-electron chi connectivity index (χ3n) is 10.5. The first kappa shape index (κ1) is 55.6. The molecule has 18 heteroatoms. The molecule has 1 aromatic carbocycles. The lowest BCUT2D eigenvalue weighted by atomic mass is 10.0. The van der Waals surface area contributed by atoms with Crippen molar-refractivity contribution in [1.29, 1.82) is 0 Å². The van der Waals surface area contributed by atoms with Crippen LogP contribution in [-0.2, 0) is 44.8 Å². The number of nitrogens with zero attached hydrogens (tertiary/aromatic N) is 1. The fourth-order valence-corrected chi connectivity index (χ4v) is 7.29. The summed E-state index contributed by atoms with van der Waals surface area (Å²) in [6.07, 6.45) is 6.78. The Hall–Kier alpha value is -5.52. The summed E-state index contributed by atoms with van der Waals surface area (Å²) in [6.45, 7) is 18.9. The smallest absolute Gasteiger partial charge is 0.260 e. The summed E-state index contributed by atoms with van der Waals surface area (Å²) in [5.74, 6) is -3.77. The highest BCUT2D eigenvalue weighted by Crippen LogP contribution is 2.20. The van der Waals surface area contributed by atoms with Crippen LogP contribution in [0.2, 0.25) is 0 Å². The van der Waals surface area contributed by atoms with Crippen molar-refractivity contribution in [3.63, 3.8) is 0 Å². The summed E-state index contributed by atoms with van der Waals surface area (Å²) in [5, 5.41) is 13.6. The molecule has 0 aliphatic carbocycles. The van der Waals surface area contributed by atoms with Gasteiger partial charge in [0, 0.05) is 26.3 Å². The predicted octanol–water partition coefficient (Wildman–Crippen LogP) is 2.59. The number of nitrogens with one attached hydrogen (secondary N) is 7. The number of amides is 8. The number of carbonyl (C=O) groups excluding carboxylic acids is 8. The Morgan fingerprint density at radius 3 is 1.97 bits per heavy atom. The van der Waals surface area contributed by atoms with Crippen LogP contribution in [-0.4, -0.2) is 108 Å². The molecule has 0 saturated carbocycles. The van der Waals surface area contributed by atoms with Crippen LogP contribution in [0.5, 0.6) is 5.75 Å². The van der Waals surface area contributed by atoms with Crippen LogP contribution in [0.1, 0.15) is 132 Å². The molecule has 1 aliphatic rings. The van der Waals surface area contributed by atoms with E-state index in [9.17, 15) is 38.4 Å². The molecule has 8 amide bonds. The second kappa shape index (κ2) is 28.4. The Kier molecular flexibility index (Phi) is 24.3. The van der Waals surface area contributed by atoms with E-state index in [0.717, 1.165) is 12.8 Å². The van der Waals surface area contributed by atoms with E-state index in [4.69, 9.17) is 10.5 Å². The number of benzene rings is 1. The predicted molar refractivity (Wildman–Crippen MR) is 248 cm³/mol. The van der Waals surface area contributed by atoms with Gasteiger partial charge in [0.25, 0.3) is 5.91 Å². The Morgan fingerprint density at radius 2 is 1.38 bits per heavy atom. The second-order valence-corrected chi connectivity index (χ2v) is 18.6. The Balaban J connectivity index is 2.30. The quantitative estimate of drug-likeness (QED) is 0.0364. The first-order chi connectivity index (χ1) is 30.6. The number of hydrogen-bond acceptors (Lipinski definition) is 10. The zero-order valence-corrected chi connectivity index (χ0v) is 39.9. The average molecular weight is 912 g/mol. The summed E-state index contributed by atoms with van der Waals surface area (Å²) >= 11 is 0. The molecule has 364 valence electrons. The maximum absolute atomic E-state index is 14.2. The number of ether oxygens (including phenoxy) is 1. The lowest BCUT2D eigenvalue weighted by Gasteiger charge is -2.27. The van der Waals surface area contributed by atoms with Crippen LogP contribution >= 0.6 is 0 Å². The summed E-state index contributed by atoms with van der Waals surface area (Å²) in [6, 6.07) is 1.93. The molecule has 0 unspecified atom stereocenters. The number of allylic oxidation sites excluding steroid dienone is 1. The fourth-order valence-electron chi connectivity index (χ4n) is 7.29. The highest BCUT2D eigenvalue weighted by Gasteiger charge is 2.35. The van der Waals surface area contributed by atoms with E-state index in [1.807, 2.05) is 48.5 Å². The molecule has 1 fully saturated rings. The number of rotatable bonds is 27. The van der Waals surface area contributed by atoms with Crippen LogP contribution in [0.3, 0.4) is 0 Å². The molecule has 0 aromatic heterocycles. The molecule has 1 aliphatic heterocycles. The van der Waals surface area contributed by atoms with Gasteiger partial charge in [0.2, 0.25) is 41.4 Å². The number of hydrazine groups is 1. The molecule has 65 heavy (non-hydrogen) atoms. The normalized spacial score (nSPS) is 15.5. The third-order valence-corrected chi connectivity index (χ3v) is 10.5. The minimum Gasteiger partial charge on any atom is -0.488 e. The van der Waals surface area contributed by atoms with Crippen molar-refractivity contribution in [3.05, 3.63) is 42.5 Å². The van der Waals surface area contributed by atoms with Gasteiger partial charge in [-0.05, 0) is 115 Å². The topological polar surface area (TPSA) is 259 Å². The van der Waals surface area contributed by atoms with E-state index < -0.39 is 77.8 Å². The van der Waals surface area contributed by atoms with E-state index in [0.29, 0.717) is 56.5 Å². The van der Waals surface area contributed by atoms with Crippen molar-refractivity contribution < 1.29 is 43.1 Å². The van der Waals surface area contributed by atoms with Crippen molar-refractivity contribution >= 4 is 47.3 Å². The maximum Gasteiger partial charge on any atom is 0.260 e. The molecule has 18 nitrogen and oxygen atoms in total. The standard InChI is InChI=1S/C47H77N9O9/c1-10-11-13-17-35(50-41(59)29-49-42(60)36(26-30(2)3)53-46(64)39-18-16-25-56(39)32(6)57)43(61)52-38(28-33-20-22-34(23-21-33)65-47(7,8)9)44(62)51-37(27-31(4)5)45(63)55-54-40(58)19-14-12-15-24-48/h10,20-23,30-31,35-39H,1,11-19,24-29,48H2,2-9H3,(H,49,60)(H,50,59)(H,51,62)(H,52,61)(H,53,64)(H,54,58)(H,55,63)/t35-,36-,37-,38-,39-/m0/s1. The van der Waals surface area contributed by atoms with Crippen molar-refractivity contribution in [1.82, 2.24) is 42.3 Å². The van der Waals surface area contributed by atoms with Gasteiger partial charge in [0.1, 0.15) is 41.6 Å². The third kappa shape index (κ3) is 21.8. The average Bonchev–Trinajstić information content (AvgIpc) is 3.73. The first-order valence-electron chi connectivity index (χ1n) is 23.1. The van der Waals surface area contributed by atoms with Crippen molar-refractivity contribution in [2.75, 3.05) is 19.6 Å². The molecule has 0 spiro atoms. The van der Waals surface area contributed by atoms with Gasteiger partial charge in [-0.3, -0.25) is 49.2 Å². The molecular formula is C47H77N9O9. The van der Waals surface area contributed by atoms with E-state index in [1.54, 1.807) is 30.3 Å². The van der Waals surface area contributed by atoms with Crippen LogP contribution < -0.4 is 47.9 Å².